The Kier molecular flexibility index (Phi) is 4.12. The van der Waals surface area contributed by atoms with Gasteiger partial charge in [-0.3, -0.25) is 4.98 Å². The van der Waals surface area contributed by atoms with Gasteiger partial charge in [0.05, 0.1) is 5.52 Å². The van der Waals surface area contributed by atoms with Gasteiger partial charge >= 0.3 is 5.76 Å². The van der Waals surface area contributed by atoms with E-state index in [-0.39, 0.29) is 0 Å². The first-order valence-corrected chi connectivity index (χ1v) is 8.56. The van der Waals surface area contributed by atoms with E-state index < -0.39 is 5.76 Å². The van der Waals surface area contributed by atoms with E-state index in [0.29, 0.717) is 22.9 Å². The Balaban J connectivity index is 1.57. The predicted octanol–water partition coefficient (Wildman–Crippen LogP) is 4.32. The Labute approximate surface area is 155 Å². The molecule has 0 amide bonds. The van der Waals surface area contributed by atoms with Gasteiger partial charge in [0.2, 0.25) is 5.95 Å². The van der Waals surface area contributed by atoms with Gasteiger partial charge in [-0.15, -0.1) is 0 Å². The molecule has 7 heteroatoms. The Bertz CT molecular complexity index is 1170. The van der Waals surface area contributed by atoms with E-state index in [1.54, 1.807) is 24.4 Å². The number of fused-ring (bicyclic) bond motifs is 1. The fourth-order valence-corrected chi connectivity index (χ4v) is 2.90. The van der Waals surface area contributed by atoms with Gasteiger partial charge in [-0.2, -0.15) is 4.98 Å². The van der Waals surface area contributed by atoms with Gasteiger partial charge in [-0.1, -0.05) is 0 Å². The van der Waals surface area contributed by atoms with Crippen LogP contribution in [0.4, 0.5) is 23.1 Å². The van der Waals surface area contributed by atoms with E-state index in [2.05, 4.69) is 58.5 Å². The number of aromatic nitrogens is 3. The molecule has 7 nitrogen and oxygen atoms in total. The van der Waals surface area contributed by atoms with Crippen LogP contribution in [-0.4, -0.2) is 15.0 Å². The number of aromatic amines is 1. The zero-order valence-corrected chi connectivity index (χ0v) is 15.3. The minimum absolute atomic E-state index is 0.473. The lowest BCUT2D eigenvalue weighted by molar-refractivity contribution is 0.555. The van der Waals surface area contributed by atoms with E-state index in [9.17, 15) is 4.79 Å². The summed E-state index contributed by atoms with van der Waals surface area (Å²) in [5, 5.41) is 6.46. The Morgan fingerprint density at radius 3 is 2.52 bits per heavy atom. The highest BCUT2D eigenvalue weighted by atomic mass is 16.4. The Hall–Kier alpha value is -3.61. The lowest BCUT2D eigenvalue weighted by atomic mass is 10.0. The third-order valence-electron chi connectivity index (χ3n) is 4.53. The van der Waals surface area contributed by atoms with Crippen LogP contribution in [0.1, 0.15) is 16.7 Å². The van der Waals surface area contributed by atoms with Gasteiger partial charge in [-0.25, -0.2) is 9.78 Å². The van der Waals surface area contributed by atoms with E-state index in [1.807, 2.05) is 6.07 Å². The number of oxazole rings is 1. The second kappa shape index (κ2) is 6.60. The summed E-state index contributed by atoms with van der Waals surface area (Å²) in [6.45, 7) is 6.28. The standard InChI is InChI=1S/C20H19N5O2/c1-11-8-15(9-12(2)13(11)3)23-19-21-7-6-18(25-19)22-14-4-5-17-16(10-14)24-20(26)27-17/h4-10H,1-3H3,(H,24,26)(H2,21,22,23,25). The quantitative estimate of drug-likeness (QED) is 0.501. The molecule has 0 spiro atoms. The van der Waals surface area contributed by atoms with Gasteiger partial charge in [0.15, 0.2) is 5.58 Å². The van der Waals surface area contributed by atoms with Gasteiger partial charge in [0, 0.05) is 17.6 Å². The zero-order chi connectivity index (χ0) is 19.0. The number of hydrogen-bond donors (Lipinski definition) is 3. The molecular formula is C20H19N5O2. The number of anilines is 4. The third-order valence-corrected chi connectivity index (χ3v) is 4.53. The lowest BCUT2D eigenvalue weighted by Gasteiger charge is -2.11. The normalized spacial score (nSPS) is 10.9. The molecule has 0 bridgehead atoms. The molecule has 0 saturated heterocycles. The van der Waals surface area contributed by atoms with E-state index in [1.165, 1.54) is 16.7 Å². The van der Waals surface area contributed by atoms with Crippen molar-refractivity contribution in [3.8, 4) is 0 Å². The minimum atomic E-state index is -0.473. The maximum atomic E-state index is 11.3. The van der Waals surface area contributed by atoms with E-state index in [0.717, 1.165) is 11.4 Å². The fourth-order valence-electron chi connectivity index (χ4n) is 2.90. The van der Waals surface area contributed by atoms with Crippen molar-refractivity contribution in [3.05, 3.63) is 69.8 Å². The van der Waals surface area contributed by atoms with Gasteiger partial charge in [-0.05, 0) is 73.9 Å². The predicted molar refractivity (Wildman–Crippen MR) is 106 cm³/mol. The van der Waals surface area contributed by atoms with Crippen LogP contribution >= 0.6 is 0 Å². The van der Waals surface area contributed by atoms with Crippen LogP contribution in [-0.2, 0) is 0 Å². The maximum absolute atomic E-state index is 11.3. The lowest BCUT2D eigenvalue weighted by Crippen LogP contribution is -2.01. The van der Waals surface area contributed by atoms with E-state index >= 15 is 0 Å². The summed E-state index contributed by atoms with van der Waals surface area (Å²) in [5.41, 5.74) is 6.59. The van der Waals surface area contributed by atoms with Crippen molar-refractivity contribution in [2.75, 3.05) is 10.6 Å². The van der Waals surface area contributed by atoms with Crippen molar-refractivity contribution in [1.82, 2.24) is 15.0 Å². The van der Waals surface area contributed by atoms with Crippen molar-refractivity contribution in [2.24, 2.45) is 0 Å². The molecule has 0 atom stereocenters. The number of rotatable bonds is 4. The first kappa shape index (κ1) is 16.8. The van der Waals surface area contributed by atoms with Crippen molar-refractivity contribution < 1.29 is 4.42 Å². The molecule has 4 rings (SSSR count). The summed E-state index contributed by atoms with van der Waals surface area (Å²) in [6, 6.07) is 11.3. The van der Waals surface area contributed by atoms with Crippen LogP contribution in [0.5, 0.6) is 0 Å². The second-order valence-corrected chi connectivity index (χ2v) is 6.48. The van der Waals surface area contributed by atoms with Crippen LogP contribution in [0, 0.1) is 20.8 Å². The van der Waals surface area contributed by atoms with Crippen LogP contribution < -0.4 is 16.4 Å². The summed E-state index contributed by atoms with van der Waals surface area (Å²) < 4.78 is 5.01. The SMILES string of the molecule is Cc1cc(Nc2nccc(Nc3ccc4oc(=O)[nH]c4c3)n2)cc(C)c1C. The third kappa shape index (κ3) is 3.52. The molecule has 0 aliphatic heterocycles. The van der Waals surface area contributed by atoms with Crippen LogP contribution in [0.2, 0.25) is 0 Å². The first-order chi connectivity index (χ1) is 13.0. The summed E-state index contributed by atoms with van der Waals surface area (Å²) in [7, 11) is 0. The molecule has 2 aromatic carbocycles. The van der Waals surface area contributed by atoms with Crippen LogP contribution in [0.25, 0.3) is 11.1 Å². The number of aryl methyl sites for hydroxylation is 2. The first-order valence-electron chi connectivity index (χ1n) is 8.56. The molecule has 0 fully saturated rings. The number of nitrogens with one attached hydrogen (secondary N) is 3. The van der Waals surface area contributed by atoms with Gasteiger partial charge in [0.25, 0.3) is 0 Å². The molecule has 0 aliphatic carbocycles. The van der Waals surface area contributed by atoms with Gasteiger partial charge in [0.1, 0.15) is 5.82 Å². The molecule has 2 heterocycles. The summed E-state index contributed by atoms with van der Waals surface area (Å²) in [5.74, 6) is 0.665. The molecule has 0 saturated carbocycles. The van der Waals surface area contributed by atoms with Crippen molar-refractivity contribution >= 4 is 34.2 Å². The number of benzene rings is 2. The largest absolute Gasteiger partial charge is 0.417 e. The molecule has 2 aromatic heterocycles. The fraction of sp³-hybridized carbons (Fsp3) is 0.150. The molecular weight excluding hydrogens is 342 g/mol. The van der Waals surface area contributed by atoms with Crippen LogP contribution in [0.15, 0.2) is 51.8 Å². The van der Waals surface area contributed by atoms with Crippen molar-refractivity contribution in [2.45, 2.75) is 20.8 Å². The molecule has 0 aliphatic rings. The van der Waals surface area contributed by atoms with Crippen molar-refractivity contribution in [3.63, 3.8) is 0 Å². The maximum Gasteiger partial charge on any atom is 0.417 e. The Morgan fingerprint density at radius 2 is 1.74 bits per heavy atom. The van der Waals surface area contributed by atoms with Crippen molar-refractivity contribution in [1.29, 1.82) is 0 Å². The number of H-pyrrole nitrogens is 1. The number of nitrogens with zero attached hydrogens (tertiary/aromatic N) is 2. The molecule has 136 valence electrons. The molecule has 0 radical (unpaired) electrons. The van der Waals surface area contributed by atoms with E-state index in [4.69, 9.17) is 4.42 Å². The average Bonchev–Trinajstić information content (AvgIpc) is 2.99. The highest BCUT2D eigenvalue weighted by Gasteiger charge is 2.06. The molecule has 27 heavy (non-hydrogen) atoms. The zero-order valence-electron chi connectivity index (χ0n) is 15.3. The summed E-state index contributed by atoms with van der Waals surface area (Å²) in [4.78, 5) is 22.7. The molecule has 4 aromatic rings. The minimum Gasteiger partial charge on any atom is -0.408 e. The average molecular weight is 361 g/mol. The van der Waals surface area contributed by atoms with Gasteiger partial charge < -0.3 is 15.1 Å². The monoisotopic (exact) mass is 361 g/mol. The second-order valence-electron chi connectivity index (χ2n) is 6.48. The highest BCUT2D eigenvalue weighted by molar-refractivity contribution is 5.78. The summed E-state index contributed by atoms with van der Waals surface area (Å²) in [6.07, 6.45) is 1.68. The highest BCUT2D eigenvalue weighted by Crippen LogP contribution is 2.23. The molecule has 3 N–H and O–H groups in total. The molecule has 0 unspecified atom stereocenters. The van der Waals surface area contributed by atoms with Crippen LogP contribution in [0.3, 0.4) is 0 Å². The Morgan fingerprint density at radius 1 is 0.963 bits per heavy atom. The smallest absolute Gasteiger partial charge is 0.408 e. The summed E-state index contributed by atoms with van der Waals surface area (Å²) >= 11 is 0. The topological polar surface area (TPSA) is 95.8 Å². The number of hydrogen-bond acceptors (Lipinski definition) is 6.